The van der Waals surface area contributed by atoms with Gasteiger partial charge in [0.1, 0.15) is 17.3 Å². The summed E-state index contributed by atoms with van der Waals surface area (Å²) in [7, 11) is 0. The highest BCUT2D eigenvalue weighted by molar-refractivity contribution is 6.11. The Balaban J connectivity index is 1.24. The molecule has 0 unspecified atom stereocenters. The van der Waals surface area contributed by atoms with Crippen LogP contribution in [0.5, 0.6) is 11.5 Å². The highest BCUT2D eigenvalue weighted by atomic mass is 19.4. The van der Waals surface area contributed by atoms with E-state index in [4.69, 9.17) is 4.74 Å². The fourth-order valence-electron chi connectivity index (χ4n) is 3.95. The lowest BCUT2D eigenvalue weighted by atomic mass is 10.1. The number of hydrogen-bond donors (Lipinski definition) is 3. The maximum absolute atomic E-state index is 13.1. The molecule has 12 heteroatoms. The highest BCUT2D eigenvalue weighted by Crippen LogP contribution is 2.32. The number of likely N-dealkylation sites (tertiary alicyclic amines) is 1. The van der Waals surface area contributed by atoms with Gasteiger partial charge in [-0.1, -0.05) is 0 Å². The van der Waals surface area contributed by atoms with Gasteiger partial charge in [0.05, 0.1) is 11.1 Å². The predicted molar refractivity (Wildman–Crippen MR) is 130 cm³/mol. The molecule has 1 aliphatic rings. The number of benzene rings is 2. The lowest BCUT2D eigenvalue weighted by molar-refractivity contribution is -0.137. The van der Waals surface area contributed by atoms with Crippen molar-refractivity contribution in [2.75, 3.05) is 23.7 Å². The number of anilines is 2. The Morgan fingerprint density at radius 3 is 2.43 bits per heavy atom. The summed E-state index contributed by atoms with van der Waals surface area (Å²) >= 11 is 0. The van der Waals surface area contributed by atoms with Crippen molar-refractivity contribution in [2.24, 2.45) is 0 Å². The molecule has 1 fully saturated rings. The van der Waals surface area contributed by atoms with E-state index in [1.54, 1.807) is 41.3 Å². The van der Waals surface area contributed by atoms with Crippen LogP contribution in [-0.4, -0.2) is 45.1 Å². The van der Waals surface area contributed by atoms with E-state index in [1.807, 2.05) is 0 Å². The number of halogens is 3. The van der Waals surface area contributed by atoms with Crippen LogP contribution < -0.4 is 15.4 Å². The predicted octanol–water partition coefficient (Wildman–Crippen LogP) is 5.65. The number of aromatic nitrogens is 3. The lowest BCUT2D eigenvalue weighted by Gasteiger charge is -2.16. The van der Waals surface area contributed by atoms with E-state index in [0.717, 1.165) is 38.1 Å². The summed E-state index contributed by atoms with van der Waals surface area (Å²) in [5, 5.41) is 11.9. The largest absolute Gasteiger partial charge is 0.457 e. The van der Waals surface area contributed by atoms with Crippen LogP contribution in [0.15, 0.2) is 60.8 Å². The van der Waals surface area contributed by atoms with E-state index in [-0.39, 0.29) is 17.1 Å². The molecule has 2 aromatic carbocycles. The first-order chi connectivity index (χ1) is 17.8. The molecule has 0 saturated carbocycles. The Morgan fingerprint density at radius 2 is 1.70 bits per heavy atom. The fraction of sp³-hybridized carbons (Fsp3) is 0.200. The van der Waals surface area contributed by atoms with Crippen molar-refractivity contribution in [3.05, 3.63) is 72.1 Å². The number of rotatable bonds is 5. The second kappa shape index (κ2) is 9.80. The normalized spacial score (nSPS) is 13.5. The molecule has 0 atom stereocenters. The van der Waals surface area contributed by atoms with E-state index in [0.29, 0.717) is 28.5 Å². The lowest BCUT2D eigenvalue weighted by Crippen LogP contribution is -2.32. The Morgan fingerprint density at radius 1 is 0.946 bits per heavy atom. The summed E-state index contributed by atoms with van der Waals surface area (Å²) < 4.78 is 45.0. The first-order valence-electron chi connectivity index (χ1n) is 11.4. The molecule has 9 nitrogen and oxygen atoms in total. The van der Waals surface area contributed by atoms with Crippen molar-refractivity contribution in [1.29, 1.82) is 0 Å². The van der Waals surface area contributed by atoms with E-state index in [1.165, 1.54) is 12.3 Å². The molecule has 0 bridgehead atoms. The van der Waals surface area contributed by atoms with Gasteiger partial charge in [-0.2, -0.15) is 18.3 Å². The summed E-state index contributed by atoms with van der Waals surface area (Å²) in [4.78, 5) is 30.8. The first-order valence-corrected chi connectivity index (χ1v) is 11.4. The van der Waals surface area contributed by atoms with Crippen molar-refractivity contribution < 1.29 is 27.5 Å². The van der Waals surface area contributed by atoms with Crippen molar-refractivity contribution in [3.63, 3.8) is 0 Å². The van der Waals surface area contributed by atoms with E-state index in [9.17, 15) is 22.8 Å². The standard InChI is InChI=1S/C25H21F3N6O3/c26-25(27,28)15-3-8-20-19(13-15)22(33-32-20)23(35)30-16-4-6-17(7-5-16)37-18-9-10-29-21(14-18)31-24(36)34-11-1-2-12-34/h3-10,13-14H,1-2,11-12H2,(H,30,35)(H,32,33)(H,29,31,36). The summed E-state index contributed by atoms with van der Waals surface area (Å²) in [6.45, 7) is 1.44. The van der Waals surface area contributed by atoms with Crippen LogP contribution in [0, 0.1) is 0 Å². The topological polar surface area (TPSA) is 112 Å². The number of carbonyl (C=O) groups is 2. The van der Waals surface area contributed by atoms with Gasteiger partial charge >= 0.3 is 12.2 Å². The molecule has 5 rings (SSSR count). The molecule has 0 aliphatic carbocycles. The maximum atomic E-state index is 13.1. The van der Waals surface area contributed by atoms with Crippen molar-refractivity contribution in [3.8, 4) is 11.5 Å². The molecule has 0 radical (unpaired) electrons. The van der Waals surface area contributed by atoms with Gasteiger partial charge in [0.25, 0.3) is 5.91 Å². The van der Waals surface area contributed by atoms with E-state index >= 15 is 0 Å². The Hall–Kier alpha value is -4.61. The number of pyridine rings is 1. The Kier molecular flexibility index (Phi) is 6.38. The number of aromatic amines is 1. The van der Waals surface area contributed by atoms with Gasteiger partial charge in [-0.15, -0.1) is 0 Å². The number of alkyl halides is 3. The second-order valence-corrected chi connectivity index (χ2v) is 8.41. The van der Waals surface area contributed by atoms with Crippen LogP contribution in [0.1, 0.15) is 28.9 Å². The maximum Gasteiger partial charge on any atom is 0.416 e. The SMILES string of the molecule is O=C(Nc1ccc(Oc2ccnc(NC(=O)N3CCCC3)c2)cc1)c1n[nH]c2ccc(C(F)(F)F)cc12. The third-order valence-electron chi connectivity index (χ3n) is 5.81. The molecule has 3 heterocycles. The molecule has 3 amide bonds. The number of nitrogens with zero attached hydrogens (tertiary/aromatic N) is 3. The van der Waals surface area contributed by atoms with Gasteiger partial charge < -0.3 is 15.0 Å². The van der Waals surface area contributed by atoms with E-state index < -0.39 is 17.6 Å². The van der Waals surface area contributed by atoms with Crippen molar-refractivity contribution >= 4 is 34.3 Å². The minimum atomic E-state index is -4.54. The number of hydrogen-bond acceptors (Lipinski definition) is 5. The van der Waals surface area contributed by atoms with Gasteiger partial charge in [0, 0.05) is 36.4 Å². The number of nitrogens with one attached hydrogen (secondary N) is 3. The van der Waals surface area contributed by atoms with Gasteiger partial charge in [-0.05, 0) is 61.4 Å². The zero-order valence-corrected chi connectivity index (χ0v) is 19.3. The van der Waals surface area contributed by atoms with E-state index in [2.05, 4.69) is 25.8 Å². The number of fused-ring (bicyclic) bond motifs is 1. The Labute approximate surface area is 208 Å². The smallest absolute Gasteiger partial charge is 0.416 e. The fourth-order valence-corrected chi connectivity index (χ4v) is 3.95. The number of amides is 3. The van der Waals surface area contributed by atoms with Crippen LogP contribution in [-0.2, 0) is 6.18 Å². The van der Waals surface area contributed by atoms with Gasteiger partial charge in [0.2, 0.25) is 0 Å². The average Bonchev–Trinajstić information content (AvgIpc) is 3.55. The summed E-state index contributed by atoms with van der Waals surface area (Å²) in [6.07, 6.45) is -1.05. The molecule has 190 valence electrons. The number of carbonyl (C=O) groups excluding carboxylic acids is 2. The minimum Gasteiger partial charge on any atom is -0.457 e. The van der Waals surface area contributed by atoms with Crippen LogP contribution in [0.3, 0.4) is 0 Å². The van der Waals surface area contributed by atoms with Gasteiger partial charge in [-0.25, -0.2) is 9.78 Å². The number of urea groups is 1. The molecule has 3 N–H and O–H groups in total. The molecule has 2 aromatic heterocycles. The molecule has 1 saturated heterocycles. The zero-order chi connectivity index (χ0) is 26.0. The highest BCUT2D eigenvalue weighted by Gasteiger charge is 2.31. The molecule has 1 aliphatic heterocycles. The van der Waals surface area contributed by atoms with Crippen LogP contribution in [0.25, 0.3) is 10.9 Å². The monoisotopic (exact) mass is 510 g/mol. The number of H-pyrrole nitrogens is 1. The molecular weight excluding hydrogens is 489 g/mol. The van der Waals surface area contributed by atoms with Crippen LogP contribution >= 0.6 is 0 Å². The summed E-state index contributed by atoms with van der Waals surface area (Å²) in [5.74, 6) is 0.609. The third kappa shape index (κ3) is 5.47. The van der Waals surface area contributed by atoms with Crippen molar-refractivity contribution in [1.82, 2.24) is 20.1 Å². The zero-order valence-electron chi connectivity index (χ0n) is 19.3. The van der Waals surface area contributed by atoms with Gasteiger partial charge in [0.15, 0.2) is 5.69 Å². The molecule has 0 spiro atoms. The third-order valence-corrected chi connectivity index (χ3v) is 5.81. The number of ether oxygens (including phenoxy) is 1. The molecule has 4 aromatic rings. The first kappa shape index (κ1) is 24.1. The summed E-state index contributed by atoms with van der Waals surface area (Å²) in [5.41, 5.74) is -0.308. The quantitative estimate of drug-likeness (QED) is 0.321. The molecule has 37 heavy (non-hydrogen) atoms. The summed E-state index contributed by atoms with van der Waals surface area (Å²) in [6, 6.07) is 12.5. The minimum absolute atomic E-state index is 0.0672. The van der Waals surface area contributed by atoms with Gasteiger partial charge in [-0.3, -0.25) is 15.2 Å². The second-order valence-electron chi connectivity index (χ2n) is 8.41. The van der Waals surface area contributed by atoms with Crippen LogP contribution in [0.2, 0.25) is 0 Å². The molecular formula is C25H21F3N6O3. The average molecular weight is 510 g/mol. The van der Waals surface area contributed by atoms with Crippen molar-refractivity contribution in [2.45, 2.75) is 19.0 Å². The Bertz CT molecular complexity index is 1450. The van der Waals surface area contributed by atoms with Crippen LogP contribution in [0.4, 0.5) is 29.5 Å².